The first-order valence-corrected chi connectivity index (χ1v) is 6.06. The van der Waals surface area contributed by atoms with Crippen molar-refractivity contribution in [3.05, 3.63) is 29.8 Å². The smallest absolute Gasteiger partial charge is 0.416 e. The summed E-state index contributed by atoms with van der Waals surface area (Å²) in [6.45, 7) is 2.35. The van der Waals surface area contributed by atoms with Crippen LogP contribution in [0, 0.1) is 5.92 Å². The van der Waals surface area contributed by atoms with Crippen molar-refractivity contribution in [1.82, 2.24) is 5.32 Å². The summed E-state index contributed by atoms with van der Waals surface area (Å²) < 4.78 is 42.9. The number of rotatable bonds is 3. The fraction of sp³-hybridized carbons (Fsp3) is 0.538. The first kappa shape index (κ1) is 16.1. The zero-order chi connectivity index (χ0) is 13.0. The van der Waals surface area contributed by atoms with Crippen LogP contribution in [0.4, 0.5) is 13.2 Å². The minimum absolute atomic E-state index is 0. The summed E-state index contributed by atoms with van der Waals surface area (Å²) in [4.78, 5) is 0. The van der Waals surface area contributed by atoms with E-state index in [-0.39, 0.29) is 18.2 Å². The summed E-state index contributed by atoms with van der Waals surface area (Å²) in [6.07, 6.45) is -2.16. The summed E-state index contributed by atoms with van der Waals surface area (Å²) >= 11 is 0. The number of hydrogen-bond acceptors (Lipinski definition) is 2. The highest BCUT2D eigenvalue weighted by atomic mass is 35.5. The van der Waals surface area contributed by atoms with Crippen molar-refractivity contribution in [2.24, 2.45) is 5.92 Å². The Hall–Kier alpha value is -0.940. The molecule has 1 saturated heterocycles. The molecule has 1 aliphatic heterocycles. The van der Waals surface area contributed by atoms with Gasteiger partial charge in [0.2, 0.25) is 0 Å². The van der Waals surface area contributed by atoms with Gasteiger partial charge in [0.25, 0.3) is 0 Å². The van der Waals surface area contributed by atoms with E-state index in [0.29, 0.717) is 12.5 Å². The Morgan fingerprint density at radius 3 is 2.74 bits per heavy atom. The lowest BCUT2D eigenvalue weighted by atomic mass is 10.0. The van der Waals surface area contributed by atoms with Crippen molar-refractivity contribution in [3.8, 4) is 5.75 Å². The Morgan fingerprint density at radius 2 is 2.11 bits per heavy atom. The van der Waals surface area contributed by atoms with E-state index in [0.717, 1.165) is 38.1 Å². The van der Waals surface area contributed by atoms with Gasteiger partial charge in [-0.3, -0.25) is 0 Å². The van der Waals surface area contributed by atoms with Gasteiger partial charge in [0.15, 0.2) is 0 Å². The topological polar surface area (TPSA) is 21.3 Å². The highest BCUT2D eigenvalue weighted by molar-refractivity contribution is 5.85. The van der Waals surface area contributed by atoms with Crippen LogP contribution in [-0.4, -0.2) is 19.7 Å². The first-order chi connectivity index (χ1) is 8.55. The number of alkyl halides is 3. The van der Waals surface area contributed by atoms with Crippen LogP contribution in [0.1, 0.15) is 18.4 Å². The molecule has 1 heterocycles. The van der Waals surface area contributed by atoms with Gasteiger partial charge in [-0.2, -0.15) is 13.2 Å². The van der Waals surface area contributed by atoms with E-state index in [2.05, 4.69) is 5.32 Å². The molecule has 1 fully saturated rings. The Balaban J connectivity index is 0.00000180. The molecule has 0 radical (unpaired) electrons. The van der Waals surface area contributed by atoms with Gasteiger partial charge in [0.1, 0.15) is 5.75 Å². The third-order valence-corrected chi connectivity index (χ3v) is 3.05. The highest BCUT2D eigenvalue weighted by Gasteiger charge is 2.30. The number of ether oxygens (including phenoxy) is 1. The molecule has 6 heteroatoms. The van der Waals surface area contributed by atoms with Crippen LogP contribution in [0.3, 0.4) is 0 Å². The Labute approximate surface area is 116 Å². The predicted molar refractivity (Wildman–Crippen MR) is 69.8 cm³/mol. The van der Waals surface area contributed by atoms with Gasteiger partial charge in [0.05, 0.1) is 12.2 Å². The van der Waals surface area contributed by atoms with E-state index in [4.69, 9.17) is 4.74 Å². The molecule has 0 bridgehead atoms. The maximum absolute atomic E-state index is 12.5. The molecule has 0 aromatic heterocycles. The van der Waals surface area contributed by atoms with Crippen LogP contribution >= 0.6 is 12.4 Å². The summed E-state index contributed by atoms with van der Waals surface area (Å²) in [5.41, 5.74) is -0.665. The third-order valence-electron chi connectivity index (χ3n) is 3.05. The fourth-order valence-corrected chi connectivity index (χ4v) is 2.04. The van der Waals surface area contributed by atoms with Gasteiger partial charge in [-0.1, -0.05) is 6.07 Å². The molecule has 1 aliphatic rings. The number of piperidine rings is 1. The molecule has 2 rings (SSSR count). The molecule has 19 heavy (non-hydrogen) atoms. The largest absolute Gasteiger partial charge is 0.493 e. The maximum atomic E-state index is 12.5. The van der Waals surface area contributed by atoms with Crippen LogP contribution in [-0.2, 0) is 6.18 Å². The highest BCUT2D eigenvalue weighted by Crippen LogP contribution is 2.31. The van der Waals surface area contributed by atoms with Crippen LogP contribution in [0.15, 0.2) is 24.3 Å². The molecule has 108 valence electrons. The molecule has 1 aromatic rings. The van der Waals surface area contributed by atoms with Gasteiger partial charge >= 0.3 is 6.18 Å². The quantitative estimate of drug-likeness (QED) is 0.921. The second-order valence-corrected chi connectivity index (χ2v) is 4.55. The van der Waals surface area contributed by atoms with E-state index in [1.54, 1.807) is 6.07 Å². The zero-order valence-electron chi connectivity index (χ0n) is 10.4. The number of halogens is 4. The van der Waals surface area contributed by atoms with E-state index in [1.807, 2.05) is 0 Å². The summed E-state index contributed by atoms with van der Waals surface area (Å²) in [5.74, 6) is 0.670. The van der Waals surface area contributed by atoms with Gasteiger partial charge in [-0.25, -0.2) is 0 Å². The number of hydrogen-bond donors (Lipinski definition) is 1. The molecule has 0 amide bonds. The average molecular weight is 296 g/mol. The van der Waals surface area contributed by atoms with Crippen LogP contribution in [0.25, 0.3) is 0 Å². The summed E-state index contributed by atoms with van der Waals surface area (Å²) in [6, 6.07) is 5.04. The standard InChI is InChI=1S/C13H16F3NO.ClH/c14-13(15,16)11-4-1-5-12(7-11)18-9-10-3-2-6-17-8-10;/h1,4-5,7,10,17H,2-3,6,8-9H2;1H. The zero-order valence-corrected chi connectivity index (χ0v) is 11.2. The fourth-order valence-electron chi connectivity index (χ4n) is 2.04. The normalized spacial score (nSPS) is 19.6. The third kappa shape index (κ3) is 4.91. The van der Waals surface area contributed by atoms with Gasteiger partial charge < -0.3 is 10.1 Å². The van der Waals surface area contributed by atoms with Crippen LogP contribution in [0.2, 0.25) is 0 Å². The van der Waals surface area contributed by atoms with Crippen molar-refractivity contribution in [3.63, 3.8) is 0 Å². The lowest BCUT2D eigenvalue weighted by Gasteiger charge is -2.22. The van der Waals surface area contributed by atoms with Gasteiger partial charge in [-0.05, 0) is 37.6 Å². The molecule has 1 unspecified atom stereocenters. The monoisotopic (exact) mass is 295 g/mol. The summed E-state index contributed by atoms with van der Waals surface area (Å²) in [5, 5.41) is 3.25. The first-order valence-electron chi connectivity index (χ1n) is 6.06. The maximum Gasteiger partial charge on any atom is 0.416 e. The van der Waals surface area contributed by atoms with Crippen molar-refractivity contribution >= 4 is 12.4 Å². The van der Waals surface area contributed by atoms with E-state index < -0.39 is 11.7 Å². The van der Waals surface area contributed by atoms with Gasteiger partial charge in [-0.15, -0.1) is 12.4 Å². The van der Waals surface area contributed by atoms with Gasteiger partial charge in [0, 0.05) is 12.5 Å². The van der Waals surface area contributed by atoms with Crippen molar-refractivity contribution < 1.29 is 17.9 Å². The Bertz CT molecular complexity index is 392. The number of benzene rings is 1. The van der Waals surface area contributed by atoms with E-state index in [9.17, 15) is 13.2 Å². The summed E-state index contributed by atoms with van der Waals surface area (Å²) in [7, 11) is 0. The van der Waals surface area contributed by atoms with E-state index in [1.165, 1.54) is 6.07 Å². The molecular formula is C13H17ClF3NO. The average Bonchev–Trinajstić information content (AvgIpc) is 2.37. The van der Waals surface area contributed by atoms with Crippen molar-refractivity contribution in [2.75, 3.05) is 19.7 Å². The molecule has 1 N–H and O–H groups in total. The Kier molecular flexibility index (Phi) is 5.94. The second kappa shape index (κ2) is 7.01. The lowest BCUT2D eigenvalue weighted by Crippen LogP contribution is -2.33. The molecule has 2 nitrogen and oxygen atoms in total. The van der Waals surface area contributed by atoms with Crippen molar-refractivity contribution in [2.45, 2.75) is 19.0 Å². The van der Waals surface area contributed by atoms with E-state index >= 15 is 0 Å². The predicted octanol–water partition coefficient (Wildman–Crippen LogP) is 3.51. The second-order valence-electron chi connectivity index (χ2n) is 4.55. The molecule has 1 aromatic carbocycles. The molecule has 0 spiro atoms. The molecule has 1 atom stereocenters. The number of nitrogens with one attached hydrogen (secondary N) is 1. The minimum Gasteiger partial charge on any atom is -0.493 e. The lowest BCUT2D eigenvalue weighted by molar-refractivity contribution is -0.137. The SMILES string of the molecule is Cl.FC(F)(F)c1cccc(OCC2CCCNC2)c1. The van der Waals surface area contributed by atoms with Crippen molar-refractivity contribution in [1.29, 1.82) is 0 Å². The molecular weight excluding hydrogens is 279 g/mol. The van der Waals surface area contributed by atoms with Crippen LogP contribution < -0.4 is 10.1 Å². The van der Waals surface area contributed by atoms with Crippen LogP contribution in [0.5, 0.6) is 5.75 Å². The Morgan fingerprint density at radius 1 is 1.32 bits per heavy atom. The minimum atomic E-state index is -4.31. The molecule has 0 saturated carbocycles. The molecule has 0 aliphatic carbocycles.